The topological polar surface area (TPSA) is 86.8 Å². The molecule has 6 nitrogen and oxygen atoms in total. The van der Waals surface area contributed by atoms with Crippen LogP contribution in [0.15, 0.2) is 30.6 Å². The molecular weight excluding hydrogens is 254 g/mol. The van der Waals surface area contributed by atoms with E-state index < -0.39 is 6.10 Å². The predicted molar refractivity (Wildman–Crippen MR) is 73.7 cm³/mol. The highest BCUT2D eigenvalue weighted by molar-refractivity contribution is 5.32. The lowest BCUT2D eigenvalue weighted by Crippen LogP contribution is -2.24. The lowest BCUT2D eigenvalue weighted by atomic mass is 10.1. The van der Waals surface area contributed by atoms with Crippen LogP contribution in [0.5, 0.6) is 0 Å². The molecule has 1 aromatic heterocycles. The molecule has 104 valence electrons. The summed E-state index contributed by atoms with van der Waals surface area (Å²) in [7, 11) is 1.83. The van der Waals surface area contributed by atoms with Crippen molar-refractivity contribution in [2.45, 2.75) is 12.5 Å². The lowest BCUT2D eigenvalue weighted by molar-refractivity contribution is 0.175. The van der Waals surface area contributed by atoms with E-state index in [1.54, 1.807) is 35.3 Å². The zero-order valence-corrected chi connectivity index (χ0v) is 11.3. The van der Waals surface area contributed by atoms with Gasteiger partial charge in [-0.25, -0.2) is 4.98 Å². The van der Waals surface area contributed by atoms with Crippen LogP contribution < -0.4 is 5.32 Å². The van der Waals surface area contributed by atoms with Crippen LogP contribution in [-0.4, -0.2) is 33.0 Å². The predicted octanol–water partition coefficient (Wildman–Crippen LogP) is 0.552. The summed E-state index contributed by atoms with van der Waals surface area (Å²) in [4.78, 5) is 4.13. The minimum Gasteiger partial charge on any atom is -0.387 e. The number of nitrogens with zero attached hydrogens (tertiary/aromatic N) is 4. The van der Waals surface area contributed by atoms with Gasteiger partial charge in [0, 0.05) is 26.6 Å². The first-order valence-electron chi connectivity index (χ1n) is 6.42. The number of hydrogen-bond acceptors (Lipinski definition) is 5. The van der Waals surface area contributed by atoms with E-state index >= 15 is 0 Å². The Morgan fingerprint density at radius 3 is 2.75 bits per heavy atom. The second kappa shape index (κ2) is 6.80. The van der Waals surface area contributed by atoms with Gasteiger partial charge in [0.2, 0.25) is 0 Å². The molecule has 0 saturated heterocycles. The van der Waals surface area contributed by atoms with Crippen LogP contribution in [0, 0.1) is 11.3 Å². The van der Waals surface area contributed by atoms with Crippen molar-refractivity contribution in [2.75, 3.05) is 13.1 Å². The van der Waals surface area contributed by atoms with Crippen molar-refractivity contribution < 1.29 is 5.11 Å². The fourth-order valence-corrected chi connectivity index (χ4v) is 1.84. The molecule has 2 aromatic rings. The van der Waals surface area contributed by atoms with Crippen molar-refractivity contribution in [3.8, 4) is 6.07 Å². The molecular formula is C14H17N5O. The quantitative estimate of drug-likeness (QED) is 0.749. The number of hydrogen-bond donors (Lipinski definition) is 2. The molecule has 6 heteroatoms. The van der Waals surface area contributed by atoms with E-state index in [1.165, 1.54) is 0 Å². The molecule has 0 spiro atoms. The molecule has 1 atom stereocenters. The van der Waals surface area contributed by atoms with E-state index in [1.807, 2.05) is 7.05 Å². The largest absolute Gasteiger partial charge is 0.387 e. The van der Waals surface area contributed by atoms with Crippen LogP contribution in [0.2, 0.25) is 0 Å². The summed E-state index contributed by atoms with van der Waals surface area (Å²) in [5.74, 6) is 0.785. The molecule has 0 bridgehead atoms. The van der Waals surface area contributed by atoms with Crippen molar-refractivity contribution in [1.82, 2.24) is 20.1 Å². The molecule has 20 heavy (non-hydrogen) atoms. The van der Waals surface area contributed by atoms with Crippen molar-refractivity contribution in [1.29, 1.82) is 5.26 Å². The zero-order chi connectivity index (χ0) is 14.4. The monoisotopic (exact) mass is 271 g/mol. The number of rotatable bonds is 6. The first-order chi connectivity index (χ1) is 9.69. The molecule has 0 fully saturated rings. The summed E-state index contributed by atoms with van der Waals surface area (Å²) in [6, 6.07) is 9.00. The Morgan fingerprint density at radius 1 is 1.40 bits per heavy atom. The van der Waals surface area contributed by atoms with Crippen LogP contribution >= 0.6 is 0 Å². The first kappa shape index (κ1) is 14.2. The Hall–Kier alpha value is -2.23. The van der Waals surface area contributed by atoms with Gasteiger partial charge in [0.25, 0.3) is 0 Å². The van der Waals surface area contributed by atoms with E-state index in [4.69, 9.17) is 5.26 Å². The maximum Gasteiger partial charge on any atom is 0.151 e. The second-order valence-electron chi connectivity index (χ2n) is 4.54. The van der Waals surface area contributed by atoms with Crippen LogP contribution in [0.1, 0.15) is 23.1 Å². The number of aryl methyl sites for hydroxylation is 1. The maximum absolute atomic E-state index is 10.0. The molecule has 0 aliphatic heterocycles. The summed E-state index contributed by atoms with van der Waals surface area (Å²) in [6.45, 7) is 1.16. The van der Waals surface area contributed by atoms with Crippen molar-refractivity contribution in [3.63, 3.8) is 0 Å². The standard InChI is InChI=1S/C14H17N5O/c1-19-10-17-14(18-19)6-7-16-9-13(20)12-4-2-11(8-15)3-5-12/h2-5,10,13,16,20H,6-7,9H2,1H3. The fourth-order valence-electron chi connectivity index (χ4n) is 1.84. The van der Waals surface area contributed by atoms with Crippen molar-refractivity contribution >= 4 is 0 Å². The maximum atomic E-state index is 10.0. The van der Waals surface area contributed by atoms with Gasteiger partial charge in [-0.3, -0.25) is 4.68 Å². The van der Waals surface area contributed by atoms with Crippen LogP contribution in [0.3, 0.4) is 0 Å². The third kappa shape index (κ3) is 3.88. The Bertz CT molecular complexity index is 584. The van der Waals surface area contributed by atoms with Crippen molar-refractivity contribution in [3.05, 3.63) is 47.5 Å². The van der Waals surface area contributed by atoms with Crippen LogP contribution in [0.25, 0.3) is 0 Å². The van der Waals surface area contributed by atoms with Crippen molar-refractivity contribution in [2.24, 2.45) is 7.05 Å². The molecule has 1 unspecified atom stereocenters. The average molecular weight is 271 g/mol. The third-order valence-electron chi connectivity index (χ3n) is 2.93. The number of aromatic nitrogens is 3. The summed E-state index contributed by atoms with van der Waals surface area (Å²) in [5.41, 5.74) is 1.39. The number of aliphatic hydroxyl groups is 1. The van der Waals surface area contributed by atoms with Crippen LogP contribution in [-0.2, 0) is 13.5 Å². The lowest BCUT2D eigenvalue weighted by Gasteiger charge is -2.11. The molecule has 0 radical (unpaired) electrons. The van der Waals surface area contributed by atoms with Gasteiger partial charge in [0.1, 0.15) is 6.33 Å². The zero-order valence-electron chi connectivity index (χ0n) is 11.3. The first-order valence-corrected chi connectivity index (χ1v) is 6.42. The summed E-state index contributed by atoms with van der Waals surface area (Å²) in [6.07, 6.45) is 1.81. The summed E-state index contributed by atoms with van der Waals surface area (Å²) >= 11 is 0. The highest BCUT2D eigenvalue weighted by atomic mass is 16.3. The van der Waals surface area contributed by atoms with E-state index in [9.17, 15) is 5.11 Å². The Kier molecular flexibility index (Phi) is 4.82. The Morgan fingerprint density at radius 2 is 2.15 bits per heavy atom. The van der Waals surface area contributed by atoms with Gasteiger partial charge in [0.05, 0.1) is 17.7 Å². The fraction of sp³-hybridized carbons (Fsp3) is 0.357. The van der Waals surface area contributed by atoms with E-state index in [2.05, 4.69) is 21.5 Å². The number of nitriles is 1. The molecule has 0 aliphatic rings. The van der Waals surface area contributed by atoms with Gasteiger partial charge in [0.15, 0.2) is 5.82 Å². The molecule has 0 amide bonds. The highest BCUT2D eigenvalue weighted by Crippen LogP contribution is 2.12. The van der Waals surface area contributed by atoms with Gasteiger partial charge in [-0.15, -0.1) is 0 Å². The molecule has 1 heterocycles. The number of nitrogens with one attached hydrogen (secondary N) is 1. The highest BCUT2D eigenvalue weighted by Gasteiger charge is 2.07. The summed E-state index contributed by atoms with van der Waals surface area (Å²) < 4.78 is 1.67. The van der Waals surface area contributed by atoms with Gasteiger partial charge in [-0.2, -0.15) is 10.4 Å². The SMILES string of the molecule is Cn1cnc(CCNCC(O)c2ccc(C#N)cc2)n1. The van der Waals surface area contributed by atoms with Gasteiger partial charge in [-0.1, -0.05) is 12.1 Å². The molecule has 0 aliphatic carbocycles. The minimum atomic E-state index is -0.584. The Labute approximate surface area is 117 Å². The second-order valence-corrected chi connectivity index (χ2v) is 4.54. The van der Waals surface area contributed by atoms with Gasteiger partial charge < -0.3 is 10.4 Å². The third-order valence-corrected chi connectivity index (χ3v) is 2.93. The van der Waals surface area contributed by atoms with Gasteiger partial charge >= 0.3 is 0 Å². The number of benzene rings is 1. The average Bonchev–Trinajstić information content (AvgIpc) is 2.89. The van der Waals surface area contributed by atoms with Crippen LogP contribution in [0.4, 0.5) is 0 Å². The van der Waals surface area contributed by atoms with Gasteiger partial charge in [-0.05, 0) is 17.7 Å². The number of aliphatic hydroxyl groups excluding tert-OH is 1. The smallest absolute Gasteiger partial charge is 0.151 e. The van der Waals surface area contributed by atoms with E-state index in [-0.39, 0.29) is 0 Å². The van der Waals surface area contributed by atoms with E-state index in [0.717, 1.165) is 17.8 Å². The van der Waals surface area contributed by atoms with E-state index in [0.29, 0.717) is 18.7 Å². The molecule has 0 saturated carbocycles. The summed E-state index contributed by atoms with van der Waals surface area (Å²) in [5, 5.41) is 26.1. The Balaban J connectivity index is 1.74. The molecule has 1 aromatic carbocycles. The molecule has 2 rings (SSSR count). The molecule has 2 N–H and O–H groups in total. The minimum absolute atomic E-state index is 0.457. The normalized spacial score (nSPS) is 12.1.